The van der Waals surface area contributed by atoms with Gasteiger partial charge in [-0.3, -0.25) is 9.48 Å². The zero-order chi connectivity index (χ0) is 34.5. The predicted octanol–water partition coefficient (Wildman–Crippen LogP) is 1.67. The number of rotatable bonds is 12. The third kappa shape index (κ3) is 7.23. The van der Waals surface area contributed by atoms with E-state index in [1.165, 1.54) is 17.4 Å². The van der Waals surface area contributed by atoms with Gasteiger partial charge in [-0.1, -0.05) is 60.7 Å². The lowest BCUT2D eigenvalue weighted by Crippen LogP contribution is -2.40. The van der Waals surface area contributed by atoms with Crippen LogP contribution in [0.25, 0.3) is 11.2 Å². The molecule has 15 heteroatoms. The van der Waals surface area contributed by atoms with Crippen LogP contribution in [0.3, 0.4) is 0 Å². The fourth-order valence-electron chi connectivity index (χ4n) is 6.13. The molecule has 1 aliphatic carbocycles. The molecule has 15 nitrogen and oxygen atoms in total. The Hall–Kier alpha value is -5.38. The molecule has 0 spiro atoms. The van der Waals surface area contributed by atoms with Crippen molar-refractivity contribution >= 4 is 28.9 Å². The Morgan fingerprint density at radius 3 is 2.22 bits per heavy atom. The number of aromatic nitrogens is 6. The summed E-state index contributed by atoms with van der Waals surface area (Å²) in [5.41, 5.74) is 3.45. The number of nitrogens with one attached hydrogen (secondary N) is 3. The van der Waals surface area contributed by atoms with Crippen LogP contribution < -0.4 is 16.0 Å². The van der Waals surface area contributed by atoms with Gasteiger partial charge in [0.05, 0.1) is 31.2 Å². The Morgan fingerprint density at radius 2 is 1.59 bits per heavy atom. The van der Waals surface area contributed by atoms with Gasteiger partial charge in [-0.15, -0.1) is 0 Å². The Balaban J connectivity index is 1.32. The van der Waals surface area contributed by atoms with Gasteiger partial charge < -0.3 is 40.7 Å². The molecule has 4 atom stereocenters. The molecule has 6 N–H and O–H groups in total. The number of urea groups is 1. The molecule has 0 bridgehead atoms. The molecule has 0 saturated heterocycles. The maximum atomic E-state index is 13.4. The molecule has 5 aromatic rings. The van der Waals surface area contributed by atoms with Crippen LogP contribution in [0, 0.1) is 0 Å². The molecule has 256 valence electrons. The van der Waals surface area contributed by atoms with Crippen LogP contribution in [0.15, 0.2) is 79.4 Å². The van der Waals surface area contributed by atoms with Crippen LogP contribution in [0.5, 0.6) is 0 Å². The van der Waals surface area contributed by atoms with E-state index >= 15 is 0 Å². The quantitative estimate of drug-likeness (QED) is 0.106. The van der Waals surface area contributed by atoms with Gasteiger partial charge in [-0.2, -0.15) is 5.10 Å². The SMILES string of the molecule is CN(C)C(=O)NCCNC(=O)c1nc(NCC(c2ccccc2)c2ccccc2)c2ncn([C@@H]3C[C@H](n4cc(CO)cn4)[C@@H](O)[C@H]3O)c2n1. The maximum Gasteiger partial charge on any atom is 0.316 e. The number of aliphatic hydroxyl groups is 3. The second kappa shape index (κ2) is 14.8. The van der Waals surface area contributed by atoms with E-state index in [0.29, 0.717) is 29.1 Å². The van der Waals surface area contributed by atoms with Crippen molar-refractivity contribution < 1.29 is 24.9 Å². The first kappa shape index (κ1) is 33.5. The second-order valence-electron chi connectivity index (χ2n) is 12.2. The van der Waals surface area contributed by atoms with Gasteiger partial charge in [0, 0.05) is 51.4 Å². The summed E-state index contributed by atoms with van der Waals surface area (Å²) in [6.07, 6.45) is 2.60. The lowest BCUT2D eigenvalue weighted by atomic mass is 9.91. The molecule has 1 fully saturated rings. The van der Waals surface area contributed by atoms with Crippen molar-refractivity contribution in [3.05, 3.63) is 102 Å². The van der Waals surface area contributed by atoms with Crippen LogP contribution in [-0.2, 0) is 6.61 Å². The molecule has 2 aromatic carbocycles. The summed E-state index contributed by atoms with van der Waals surface area (Å²) in [5.74, 6) is -0.415. The Morgan fingerprint density at radius 1 is 0.939 bits per heavy atom. The number of aliphatic hydroxyl groups excluding tert-OH is 3. The fourth-order valence-corrected chi connectivity index (χ4v) is 6.13. The van der Waals surface area contributed by atoms with E-state index in [9.17, 15) is 24.9 Å². The zero-order valence-electron chi connectivity index (χ0n) is 27.2. The zero-order valence-corrected chi connectivity index (χ0v) is 27.2. The van der Waals surface area contributed by atoms with Crippen molar-refractivity contribution in [1.82, 2.24) is 44.8 Å². The van der Waals surface area contributed by atoms with E-state index in [1.54, 1.807) is 29.5 Å². The first-order valence-corrected chi connectivity index (χ1v) is 16.1. The fraction of sp³-hybridized carbons (Fsp3) is 0.353. The Labute approximate surface area is 282 Å². The molecule has 3 aromatic heterocycles. The number of imidazole rings is 1. The van der Waals surface area contributed by atoms with Gasteiger partial charge in [-0.25, -0.2) is 19.7 Å². The predicted molar refractivity (Wildman–Crippen MR) is 181 cm³/mol. The van der Waals surface area contributed by atoms with E-state index < -0.39 is 30.2 Å². The van der Waals surface area contributed by atoms with Crippen molar-refractivity contribution in [2.75, 3.05) is 39.0 Å². The largest absolute Gasteiger partial charge is 0.392 e. The highest BCUT2D eigenvalue weighted by Crippen LogP contribution is 2.40. The van der Waals surface area contributed by atoms with Gasteiger partial charge in [0.25, 0.3) is 5.91 Å². The van der Waals surface area contributed by atoms with Gasteiger partial charge in [-0.05, 0) is 17.5 Å². The van der Waals surface area contributed by atoms with Crippen LogP contribution in [0.4, 0.5) is 10.6 Å². The summed E-state index contributed by atoms with van der Waals surface area (Å²) in [6.45, 7) is 0.559. The van der Waals surface area contributed by atoms with Crippen molar-refractivity contribution in [2.45, 2.75) is 43.2 Å². The topological polar surface area (TPSA) is 196 Å². The van der Waals surface area contributed by atoms with Crippen molar-refractivity contribution in [3.8, 4) is 0 Å². The van der Waals surface area contributed by atoms with E-state index in [0.717, 1.165) is 11.1 Å². The smallest absolute Gasteiger partial charge is 0.316 e. The highest BCUT2D eigenvalue weighted by Gasteiger charge is 2.44. The average molecular weight is 669 g/mol. The molecule has 49 heavy (non-hydrogen) atoms. The summed E-state index contributed by atoms with van der Waals surface area (Å²) in [7, 11) is 3.25. The number of anilines is 1. The summed E-state index contributed by atoms with van der Waals surface area (Å²) < 4.78 is 3.20. The molecule has 0 aliphatic heterocycles. The average Bonchev–Trinajstić information content (AvgIpc) is 3.85. The molecular weight excluding hydrogens is 628 g/mol. The Kier molecular flexibility index (Phi) is 10.1. The minimum absolute atomic E-state index is 0.0578. The molecular formula is C34H40N10O5. The van der Waals surface area contributed by atoms with E-state index in [2.05, 4.69) is 60.3 Å². The molecule has 1 saturated carbocycles. The van der Waals surface area contributed by atoms with Crippen LogP contribution in [-0.4, -0.2) is 107 Å². The standard InChI is InChI=1S/C34H40N10O5/c1-42(2)34(49)36-14-13-35-33(48)31-40-30(37-17-24(22-9-5-3-6-10-22)23-11-7-4-8-12-23)27-32(41-31)43(20-38-27)25-15-26(29(47)28(25)46)44-18-21(19-45)16-39-44/h3-12,16,18,20,24-26,28-29,45-47H,13-15,17,19H2,1-2H3,(H,35,48)(H,36,49)(H,37,40,41)/t25-,26+,28+,29-/m1/s1. The number of hydrogen-bond donors (Lipinski definition) is 6. The highest BCUT2D eigenvalue weighted by atomic mass is 16.3. The van der Waals surface area contributed by atoms with Gasteiger partial charge in [0.15, 0.2) is 11.5 Å². The highest BCUT2D eigenvalue weighted by molar-refractivity contribution is 5.94. The molecule has 1 aliphatic rings. The van der Waals surface area contributed by atoms with Gasteiger partial charge in [0.1, 0.15) is 17.7 Å². The lowest BCUT2D eigenvalue weighted by Gasteiger charge is -2.20. The molecule has 0 radical (unpaired) electrons. The van der Waals surface area contributed by atoms with Crippen LogP contribution in [0.1, 0.15) is 51.7 Å². The van der Waals surface area contributed by atoms with Crippen molar-refractivity contribution in [3.63, 3.8) is 0 Å². The Bertz CT molecular complexity index is 1840. The first-order chi connectivity index (χ1) is 23.7. The summed E-state index contributed by atoms with van der Waals surface area (Å²) in [5, 5.41) is 44.9. The number of carbonyl (C=O) groups is 2. The summed E-state index contributed by atoms with van der Waals surface area (Å²) in [4.78, 5) is 40.5. The first-order valence-electron chi connectivity index (χ1n) is 16.1. The van der Waals surface area contributed by atoms with Crippen molar-refractivity contribution in [2.24, 2.45) is 0 Å². The maximum absolute atomic E-state index is 13.4. The number of amides is 3. The van der Waals surface area contributed by atoms with E-state index in [4.69, 9.17) is 0 Å². The minimum Gasteiger partial charge on any atom is -0.392 e. The normalized spacial score (nSPS) is 18.9. The number of hydrogen-bond acceptors (Lipinski definition) is 10. The third-order valence-electron chi connectivity index (χ3n) is 8.75. The third-order valence-corrected chi connectivity index (χ3v) is 8.75. The van der Waals surface area contributed by atoms with Crippen molar-refractivity contribution in [1.29, 1.82) is 0 Å². The molecule has 6 rings (SSSR count). The number of carbonyl (C=O) groups excluding carboxylic acids is 2. The molecule has 0 unspecified atom stereocenters. The summed E-state index contributed by atoms with van der Waals surface area (Å²) >= 11 is 0. The minimum atomic E-state index is -1.20. The second-order valence-corrected chi connectivity index (χ2v) is 12.2. The number of nitrogens with zero attached hydrogens (tertiary/aromatic N) is 7. The summed E-state index contributed by atoms with van der Waals surface area (Å²) in [6, 6.07) is 18.6. The monoisotopic (exact) mass is 668 g/mol. The lowest BCUT2D eigenvalue weighted by molar-refractivity contribution is 0.00720. The van der Waals surface area contributed by atoms with Gasteiger partial charge >= 0.3 is 6.03 Å². The molecule has 3 amide bonds. The van der Waals surface area contributed by atoms with E-state index in [-0.39, 0.29) is 43.9 Å². The van der Waals surface area contributed by atoms with Crippen LogP contribution >= 0.6 is 0 Å². The van der Waals surface area contributed by atoms with Gasteiger partial charge in [0.2, 0.25) is 5.82 Å². The van der Waals surface area contributed by atoms with E-state index in [1.807, 2.05) is 36.4 Å². The number of fused-ring (bicyclic) bond motifs is 1. The molecule has 3 heterocycles. The number of benzene rings is 2. The van der Waals surface area contributed by atoms with Crippen LogP contribution in [0.2, 0.25) is 0 Å².